The third-order valence-corrected chi connectivity index (χ3v) is 2.76. The maximum absolute atomic E-state index is 3.28. The average Bonchev–Trinajstić information content (AvgIpc) is 2.17. The van der Waals surface area contributed by atoms with E-state index in [2.05, 4.69) is 30.1 Å². The minimum Gasteiger partial charge on any atom is -0.314 e. The first-order valence-corrected chi connectivity index (χ1v) is 4.86. The normalized spacial score (nSPS) is 22.1. The predicted octanol–water partition coefficient (Wildman–Crippen LogP) is 1.25. The van der Waals surface area contributed by atoms with E-state index >= 15 is 0 Å². The first-order chi connectivity index (χ1) is 5.77. The molecule has 2 nitrogen and oxygen atoms in total. The fourth-order valence-corrected chi connectivity index (χ4v) is 1.59. The van der Waals surface area contributed by atoms with Crippen LogP contribution in [-0.2, 0) is 0 Å². The zero-order valence-electron chi connectivity index (χ0n) is 8.43. The zero-order valence-corrected chi connectivity index (χ0v) is 8.43. The SMILES string of the molecule is CCN1CC=C(C(C)NC)CC1. The number of nitrogens with one attached hydrogen (secondary N) is 1. The highest BCUT2D eigenvalue weighted by molar-refractivity contribution is 5.13. The summed E-state index contributed by atoms with van der Waals surface area (Å²) in [5, 5.41) is 3.28. The first kappa shape index (κ1) is 9.75. The molecule has 0 aromatic heterocycles. The smallest absolute Gasteiger partial charge is 0.0249 e. The summed E-state index contributed by atoms with van der Waals surface area (Å²) in [6.07, 6.45) is 3.60. The molecule has 1 aliphatic rings. The number of likely N-dealkylation sites (N-methyl/N-ethyl adjacent to an activating group) is 2. The highest BCUT2D eigenvalue weighted by Crippen LogP contribution is 2.13. The summed E-state index contributed by atoms with van der Waals surface area (Å²) in [6, 6.07) is 0.559. The van der Waals surface area contributed by atoms with Gasteiger partial charge in [0.05, 0.1) is 0 Å². The molecule has 1 unspecified atom stereocenters. The quantitative estimate of drug-likeness (QED) is 0.638. The molecule has 0 saturated carbocycles. The van der Waals surface area contributed by atoms with Crippen LogP contribution >= 0.6 is 0 Å². The second-order valence-electron chi connectivity index (χ2n) is 3.43. The molecule has 0 fully saturated rings. The van der Waals surface area contributed by atoms with E-state index < -0.39 is 0 Å². The Kier molecular flexibility index (Phi) is 3.76. The lowest BCUT2D eigenvalue weighted by Gasteiger charge is -2.27. The van der Waals surface area contributed by atoms with Gasteiger partial charge in [-0.1, -0.05) is 18.6 Å². The van der Waals surface area contributed by atoms with Crippen LogP contribution in [0.3, 0.4) is 0 Å². The molecule has 0 bridgehead atoms. The van der Waals surface area contributed by atoms with E-state index in [1.54, 1.807) is 5.57 Å². The van der Waals surface area contributed by atoms with Gasteiger partial charge in [-0.3, -0.25) is 4.90 Å². The Bertz CT molecular complexity index is 163. The van der Waals surface area contributed by atoms with Crippen molar-refractivity contribution in [2.75, 3.05) is 26.7 Å². The molecule has 70 valence electrons. The molecule has 1 rings (SSSR count). The lowest BCUT2D eigenvalue weighted by Crippen LogP contribution is -2.33. The van der Waals surface area contributed by atoms with Crippen molar-refractivity contribution in [1.82, 2.24) is 10.2 Å². The maximum Gasteiger partial charge on any atom is 0.0249 e. The monoisotopic (exact) mass is 168 g/mol. The van der Waals surface area contributed by atoms with Crippen LogP contribution in [-0.4, -0.2) is 37.6 Å². The first-order valence-electron chi connectivity index (χ1n) is 4.86. The van der Waals surface area contributed by atoms with Crippen molar-refractivity contribution in [3.8, 4) is 0 Å². The van der Waals surface area contributed by atoms with Gasteiger partial charge in [-0.05, 0) is 26.9 Å². The Balaban J connectivity index is 2.44. The van der Waals surface area contributed by atoms with Crippen LogP contribution in [0.25, 0.3) is 0 Å². The summed E-state index contributed by atoms with van der Waals surface area (Å²) in [6.45, 7) is 8.00. The average molecular weight is 168 g/mol. The van der Waals surface area contributed by atoms with E-state index in [1.807, 2.05) is 7.05 Å². The molecule has 12 heavy (non-hydrogen) atoms. The summed E-state index contributed by atoms with van der Waals surface area (Å²) in [7, 11) is 2.03. The minimum atomic E-state index is 0.559. The second kappa shape index (κ2) is 4.63. The van der Waals surface area contributed by atoms with Crippen LogP contribution < -0.4 is 5.32 Å². The Hall–Kier alpha value is -0.340. The Morgan fingerprint density at radius 1 is 1.67 bits per heavy atom. The van der Waals surface area contributed by atoms with E-state index in [0.717, 1.165) is 6.54 Å². The van der Waals surface area contributed by atoms with Gasteiger partial charge in [0.25, 0.3) is 0 Å². The van der Waals surface area contributed by atoms with Crippen LogP contribution in [0.15, 0.2) is 11.6 Å². The van der Waals surface area contributed by atoms with Crippen molar-refractivity contribution in [1.29, 1.82) is 0 Å². The summed E-state index contributed by atoms with van der Waals surface area (Å²) in [5.41, 5.74) is 1.57. The van der Waals surface area contributed by atoms with Gasteiger partial charge in [-0.25, -0.2) is 0 Å². The van der Waals surface area contributed by atoms with Crippen LogP contribution in [0.4, 0.5) is 0 Å². The van der Waals surface area contributed by atoms with Crippen LogP contribution in [0.1, 0.15) is 20.3 Å². The molecule has 0 amide bonds. The number of hydrogen-bond donors (Lipinski definition) is 1. The van der Waals surface area contributed by atoms with E-state index in [4.69, 9.17) is 0 Å². The van der Waals surface area contributed by atoms with Crippen LogP contribution in [0.5, 0.6) is 0 Å². The highest BCUT2D eigenvalue weighted by atomic mass is 15.1. The molecule has 2 heteroatoms. The Labute approximate surface area is 75.6 Å². The number of hydrogen-bond acceptors (Lipinski definition) is 2. The van der Waals surface area contributed by atoms with E-state index in [1.165, 1.54) is 19.5 Å². The maximum atomic E-state index is 3.28. The largest absolute Gasteiger partial charge is 0.314 e. The van der Waals surface area contributed by atoms with Crippen molar-refractivity contribution >= 4 is 0 Å². The van der Waals surface area contributed by atoms with Crippen molar-refractivity contribution in [2.24, 2.45) is 0 Å². The zero-order chi connectivity index (χ0) is 8.97. The third-order valence-electron chi connectivity index (χ3n) is 2.76. The third kappa shape index (κ3) is 2.32. The van der Waals surface area contributed by atoms with Crippen molar-refractivity contribution in [3.63, 3.8) is 0 Å². The molecule has 0 aromatic carbocycles. The molecule has 1 heterocycles. The summed E-state index contributed by atoms with van der Waals surface area (Å²) in [5.74, 6) is 0. The molecule has 0 radical (unpaired) electrons. The Morgan fingerprint density at radius 3 is 2.83 bits per heavy atom. The van der Waals surface area contributed by atoms with Gasteiger partial charge in [0, 0.05) is 19.1 Å². The van der Waals surface area contributed by atoms with Gasteiger partial charge in [-0.2, -0.15) is 0 Å². The Morgan fingerprint density at radius 2 is 2.42 bits per heavy atom. The van der Waals surface area contributed by atoms with E-state index in [9.17, 15) is 0 Å². The van der Waals surface area contributed by atoms with Crippen LogP contribution in [0, 0.1) is 0 Å². The summed E-state index contributed by atoms with van der Waals surface area (Å²) in [4.78, 5) is 2.46. The lowest BCUT2D eigenvalue weighted by molar-refractivity contribution is 0.305. The molecular formula is C10H20N2. The molecular weight excluding hydrogens is 148 g/mol. The van der Waals surface area contributed by atoms with Crippen molar-refractivity contribution in [2.45, 2.75) is 26.3 Å². The van der Waals surface area contributed by atoms with Crippen molar-refractivity contribution < 1.29 is 0 Å². The summed E-state index contributed by atoms with van der Waals surface area (Å²) < 4.78 is 0. The molecule has 0 spiro atoms. The predicted molar refractivity (Wildman–Crippen MR) is 53.3 cm³/mol. The van der Waals surface area contributed by atoms with Gasteiger partial charge in [-0.15, -0.1) is 0 Å². The molecule has 0 aromatic rings. The van der Waals surface area contributed by atoms with Gasteiger partial charge in [0.2, 0.25) is 0 Å². The van der Waals surface area contributed by atoms with Crippen molar-refractivity contribution in [3.05, 3.63) is 11.6 Å². The molecule has 1 aliphatic heterocycles. The van der Waals surface area contributed by atoms with Gasteiger partial charge >= 0.3 is 0 Å². The topological polar surface area (TPSA) is 15.3 Å². The van der Waals surface area contributed by atoms with Gasteiger partial charge in [0.1, 0.15) is 0 Å². The fourth-order valence-electron chi connectivity index (χ4n) is 1.59. The summed E-state index contributed by atoms with van der Waals surface area (Å²) >= 11 is 0. The molecule has 0 aliphatic carbocycles. The van der Waals surface area contributed by atoms with Gasteiger partial charge < -0.3 is 5.32 Å². The highest BCUT2D eigenvalue weighted by Gasteiger charge is 2.12. The fraction of sp³-hybridized carbons (Fsp3) is 0.800. The van der Waals surface area contributed by atoms with Crippen LogP contribution in [0.2, 0.25) is 0 Å². The second-order valence-corrected chi connectivity index (χ2v) is 3.43. The lowest BCUT2D eigenvalue weighted by atomic mass is 10.0. The minimum absolute atomic E-state index is 0.559. The van der Waals surface area contributed by atoms with Gasteiger partial charge in [0.15, 0.2) is 0 Å². The molecule has 1 atom stereocenters. The number of rotatable bonds is 3. The molecule has 0 saturated heterocycles. The van der Waals surface area contributed by atoms with E-state index in [0.29, 0.717) is 6.04 Å². The standard InChI is InChI=1S/C10H20N2/c1-4-12-7-5-10(6-8-12)9(2)11-3/h5,9,11H,4,6-8H2,1-3H3. The number of nitrogens with zero attached hydrogens (tertiary/aromatic N) is 1. The molecule has 1 N–H and O–H groups in total. The van der Waals surface area contributed by atoms with E-state index in [-0.39, 0.29) is 0 Å².